The number of aromatic nitrogens is 3. The minimum Gasteiger partial charge on any atom is -0.258 e. The summed E-state index contributed by atoms with van der Waals surface area (Å²) >= 11 is 7.41. The Balaban J connectivity index is 1.72. The molecule has 1 aromatic heterocycles. The second-order valence-electron chi connectivity index (χ2n) is 4.37. The summed E-state index contributed by atoms with van der Waals surface area (Å²) in [5, 5.41) is 8.14. The van der Waals surface area contributed by atoms with E-state index < -0.39 is 0 Å². The van der Waals surface area contributed by atoms with Crippen LogP contribution in [0.3, 0.4) is 0 Å². The van der Waals surface area contributed by atoms with Crippen LogP contribution in [0.25, 0.3) is 11.4 Å². The standard InChI is InChI=1S/C15H11ClFN3S/c16-11-5-3-4-10(8-11)9-21-15-18-14(19-20-15)12-6-1-2-7-13(12)17/h1-8H,9H2,(H,18,19,20). The molecule has 1 heterocycles. The van der Waals surface area contributed by atoms with E-state index in [2.05, 4.69) is 15.2 Å². The highest BCUT2D eigenvalue weighted by atomic mass is 35.5. The number of halogens is 2. The number of aromatic amines is 1. The number of nitrogens with zero attached hydrogens (tertiary/aromatic N) is 2. The molecular formula is C15H11ClFN3S. The van der Waals surface area contributed by atoms with Gasteiger partial charge in [0, 0.05) is 10.8 Å². The van der Waals surface area contributed by atoms with Crippen molar-refractivity contribution in [2.24, 2.45) is 0 Å². The van der Waals surface area contributed by atoms with Gasteiger partial charge < -0.3 is 0 Å². The van der Waals surface area contributed by atoms with Crippen LogP contribution in [0.1, 0.15) is 5.56 Å². The fraction of sp³-hybridized carbons (Fsp3) is 0.0667. The van der Waals surface area contributed by atoms with Gasteiger partial charge >= 0.3 is 0 Å². The van der Waals surface area contributed by atoms with Gasteiger partial charge in [-0.15, -0.1) is 5.10 Å². The van der Waals surface area contributed by atoms with Crippen LogP contribution >= 0.6 is 23.4 Å². The zero-order valence-electron chi connectivity index (χ0n) is 10.9. The van der Waals surface area contributed by atoms with Crippen LogP contribution in [0.4, 0.5) is 4.39 Å². The summed E-state index contributed by atoms with van der Waals surface area (Å²) in [5.41, 5.74) is 1.50. The Labute approximate surface area is 130 Å². The molecule has 0 amide bonds. The maximum atomic E-state index is 13.7. The van der Waals surface area contributed by atoms with Gasteiger partial charge in [-0.3, -0.25) is 5.10 Å². The smallest absolute Gasteiger partial charge is 0.209 e. The molecular weight excluding hydrogens is 309 g/mol. The second-order valence-corrected chi connectivity index (χ2v) is 5.74. The molecule has 0 aliphatic heterocycles. The van der Waals surface area contributed by atoms with E-state index in [0.717, 1.165) is 5.56 Å². The lowest BCUT2D eigenvalue weighted by Crippen LogP contribution is -1.85. The summed E-state index contributed by atoms with van der Waals surface area (Å²) in [4.78, 5) is 4.30. The van der Waals surface area contributed by atoms with Crippen LogP contribution in [0.2, 0.25) is 5.02 Å². The predicted octanol–water partition coefficient (Wildman–Crippen LogP) is 4.56. The van der Waals surface area contributed by atoms with Crippen molar-refractivity contribution in [3.63, 3.8) is 0 Å². The van der Waals surface area contributed by atoms with E-state index in [1.807, 2.05) is 24.3 Å². The first-order valence-corrected chi connectivity index (χ1v) is 7.63. The summed E-state index contributed by atoms with van der Waals surface area (Å²) in [6, 6.07) is 14.1. The summed E-state index contributed by atoms with van der Waals surface area (Å²) in [5.74, 6) is 0.816. The van der Waals surface area contributed by atoms with Crippen molar-refractivity contribution in [1.82, 2.24) is 15.2 Å². The molecule has 0 radical (unpaired) electrons. The third kappa shape index (κ3) is 3.43. The SMILES string of the molecule is Fc1ccccc1-c1nc(SCc2cccc(Cl)c2)n[nH]1. The van der Waals surface area contributed by atoms with Crippen LogP contribution in [0.5, 0.6) is 0 Å². The van der Waals surface area contributed by atoms with Gasteiger partial charge in [0.15, 0.2) is 5.82 Å². The van der Waals surface area contributed by atoms with Crippen LogP contribution in [-0.2, 0) is 5.75 Å². The predicted molar refractivity (Wildman–Crippen MR) is 82.8 cm³/mol. The maximum Gasteiger partial charge on any atom is 0.209 e. The number of rotatable bonds is 4. The van der Waals surface area contributed by atoms with Crippen molar-refractivity contribution >= 4 is 23.4 Å². The number of H-pyrrole nitrogens is 1. The lowest BCUT2D eigenvalue weighted by Gasteiger charge is -1.99. The van der Waals surface area contributed by atoms with Gasteiger partial charge in [0.2, 0.25) is 5.16 Å². The molecule has 0 atom stereocenters. The van der Waals surface area contributed by atoms with Gasteiger partial charge in [0.05, 0.1) is 5.56 Å². The fourth-order valence-corrected chi connectivity index (χ4v) is 2.81. The average Bonchev–Trinajstić information content (AvgIpc) is 2.94. The van der Waals surface area contributed by atoms with Gasteiger partial charge in [-0.1, -0.05) is 47.6 Å². The topological polar surface area (TPSA) is 41.6 Å². The summed E-state index contributed by atoms with van der Waals surface area (Å²) in [6.07, 6.45) is 0. The third-order valence-corrected chi connectivity index (χ3v) is 4.00. The number of benzene rings is 2. The second kappa shape index (κ2) is 6.28. The molecule has 0 saturated heterocycles. The number of hydrogen-bond acceptors (Lipinski definition) is 3. The van der Waals surface area contributed by atoms with Crippen molar-refractivity contribution < 1.29 is 4.39 Å². The Bertz CT molecular complexity index is 760. The molecule has 3 aromatic rings. The first-order valence-electron chi connectivity index (χ1n) is 6.27. The first-order chi connectivity index (χ1) is 10.2. The van der Waals surface area contributed by atoms with E-state index in [9.17, 15) is 4.39 Å². The minimum absolute atomic E-state index is 0.319. The molecule has 3 nitrogen and oxygen atoms in total. The summed E-state index contributed by atoms with van der Waals surface area (Å²) in [6.45, 7) is 0. The van der Waals surface area contributed by atoms with Crippen LogP contribution in [0.15, 0.2) is 53.7 Å². The molecule has 1 N–H and O–H groups in total. The quantitative estimate of drug-likeness (QED) is 0.717. The number of nitrogens with one attached hydrogen (secondary N) is 1. The lowest BCUT2D eigenvalue weighted by molar-refractivity contribution is 0.630. The van der Waals surface area contributed by atoms with Crippen molar-refractivity contribution in [3.8, 4) is 11.4 Å². The molecule has 0 aliphatic rings. The molecule has 21 heavy (non-hydrogen) atoms. The molecule has 0 unspecified atom stereocenters. The monoisotopic (exact) mass is 319 g/mol. The molecule has 2 aromatic carbocycles. The van der Waals surface area contributed by atoms with E-state index in [-0.39, 0.29) is 5.82 Å². The zero-order valence-corrected chi connectivity index (χ0v) is 12.5. The van der Waals surface area contributed by atoms with Gasteiger partial charge in [-0.2, -0.15) is 0 Å². The number of hydrogen-bond donors (Lipinski definition) is 1. The van der Waals surface area contributed by atoms with E-state index in [1.165, 1.54) is 17.8 Å². The molecule has 0 bridgehead atoms. The molecule has 0 aliphatic carbocycles. The molecule has 0 fully saturated rings. The van der Waals surface area contributed by atoms with Crippen molar-refractivity contribution in [3.05, 3.63) is 64.9 Å². The van der Waals surface area contributed by atoms with E-state index in [4.69, 9.17) is 11.6 Å². The Kier molecular flexibility index (Phi) is 4.22. The largest absolute Gasteiger partial charge is 0.258 e. The average molecular weight is 320 g/mol. The molecule has 0 spiro atoms. The highest BCUT2D eigenvalue weighted by Gasteiger charge is 2.10. The van der Waals surface area contributed by atoms with E-state index in [0.29, 0.717) is 27.3 Å². The minimum atomic E-state index is -0.319. The highest BCUT2D eigenvalue weighted by Crippen LogP contribution is 2.24. The Morgan fingerprint density at radius 2 is 2.00 bits per heavy atom. The van der Waals surface area contributed by atoms with Gasteiger partial charge in [0.25, 0.3) is 0 Å². The van der Waals surface area contributed by atoms with Crippen LogP contribution < -0.4 is 0 Å². The fourth-order valence-electron chi connectivity index (χ4n) is 1.86. The third-order valence-electron chi connectivity index (χ3n) is 2.85. The molecule has 3 rings (SSSR count). The van der Waals surface area contributed by atoms with Crippen LogP contribution in [-0.4, -0.2) is 15.2 Å². The summed E-state index contributed by atoms with van der Waals surface area (Å²) < 4.78 is 13.7. The van der Waals surface area contributed by atoms with Gasteiger partial charge in [-0.05, 0) is 29.8 Å². The first kappa shape index (κ1) is 14.1. The van der Waals surface area contributed by atoms with Gasteiger partial charge in [0.1, 0.15) is 5.82 Å². The van der Waals surface area contributed by atoms with Crippen molar-refractivity contribution in [2.75, 3.05) is 0 Å². The van der Waals surface area contributed by atoms with E-state index >= 15 is 0 Å². The molecule has 106 valence electrons. The van der Waals surface area contributed by atoms with Crippen LogP contribution in [0, 0.1) is 5.82 Å². The van der Waals surface area contributed by atoms with E-state index in [1.54, 1.807) is 18.2 Å². The van der Waals surface area contributed by atoms with Crippen molar-refractivity contribution in [2.45, 2.75) is 10.9 Å². The van der Waals surface area contributed by atoms with Crippen molar-refractivity contribution in [1.29, 1.82) is 0 Å². The van der Waals surface area contributed by atoms with Gasteiger partial charge in [-0.25, -0.2) is 9.37 Å². The lowest BCUT2D eigenvalue weighted by atomic mass is 10.2. The Hall–Kier alpha value is -1.85. The molecule has 6 heteroatoms. The highest BCUT2D eigenvalue weighted by molar-refractivity contribution is 7.98. The summed E-state index contributed by atoms with van der Waals surface area (Å²) in [7, 11) is 0. The molecule has 0 saturated carbocycles. The zero-order chi connectivity index (χ0) is 14.7. The maximum absolute atomic E-state index is 13.7. The normalized spacial score (nSPS) is 10.8. The Morgan fingerprint density at radius 1 is 1.14 bits per heavy atom. The number of thioether (sulfide) groups is 1. The Morgan fingerprint density at radius 3 is 2.81 bits per heavy atom.